The summed E-state index contributed by atoms with van der Waals surface area (Å²) in [5.74, 6) is 1.90. The lowest BCUT2D eigenvalue weighted by molar-refractivity contribution is -0.177. The molecule has 2 heterocycles. The van der Waals surface area contributed by atoms with E-state index in [2.05, 4.69) is 15.3 Å². The Morgan fingerprint density at radius 1 is 1.23 bits per heavy atom. The zero-order valence-electron chi connectivity index (χ0n) is 14.9. The second-order valence-corrected chi connectivity index (χ2v) is 8.69. The number of likely N-dealkylation sites (tertiary alicyclic amines) is 1. The highest BCUT2D eigenvalue weighted by molar-refractivity contribution is 5.68. The molecule has 6 atom stereocenters. The summed E-state index contributed by atoms with van der Waals surface area (Å²) in [5.41, 5.74) is -0.488. The Morgan fingerprint density at radius 2 is 1.96 bits per heavy atom. The first kappa shape index (κ1) is 16.3. The standard InChI is InChI=1S/C19H26N4O3/c24-18(23-5-2-15(11-23)22-17-20-3-1-4-21-17)26-16-13-6-12-7-14(16)10-19(25,8-12)9-13/h1,3-4,12-16,25H,2,5-11H2,(H,20,21,22)/t12?,13-,14?,15?,16?,19?/m0/s1. The molecular formula is C19H26N4O3. The number of ether oxygens (including phenoxy) is 1. The number of hydrogen-bond donors (Lipinski definition) is 2. The Balaban J connectivity index is 1.18. The number of nitrogens with zero attached hydrogens (tertiary/aromatic N) is 3. The van der Waals surface area contributed by atoms with E-state index in [1.54, 1.807) is 23.4 Å². The zero-order chi connectivity index (χ0) is 17.7. The topological polar surface area (TPSA) is 87.6 Å². The molecule has 4 aliphatic carbocycles. The third-order valence-electron chi connectivity index (χ3n) is 6.74. The van der Waals surface area contributed by atoms with Crippen molar-refractivity contribution in [3.8, 4) is 0 Å². The van der Waals surface area contributed by atoms with Crippen molar-refractivity contribution < 1.29 is 14.6 Å². The largest absolute Gasteiger partial charge is 0.446 e. The summed E-state index contributed by atoms with van der Waals surface area (Å²) in [7, 11) is 0. The molecule has 4 bridgehead atoms. The molecule has 2 N–H and O–H groups in total. The van der Waals surface area contributed by atoms with Gasteiger partial charge >= 0.3 is 6.09 Å². The fourth-order valence-electron chi connectivity index (χ4n) is 5.92. The van der Waals surface area contributed by atoms with E-state index in [4.69, 9.17) is 4.74 Å². The van der Waals surface area contributed by atoms with Crippen molar-refractivity contribution in [1.29, 1.82) is 0 Å². The van der Waals surface area contributed by atoms with Crippen LogP contribution in [0.25, 0.3) is 0 Å². The molecule has 7 nitrogen and oxygen atoms in total. The molecule has 140 valence electrons. The fourth-order valence-corrected chi connectivity index (χ4v) is 5.92. The van der Waals surface area contributed by atoms with Crippen LogP contribution in [0, 0.1) is 17.8 Å². The number of aromatic nitrogens is 2. The highest BCUT2D eigenvalue weighted by Crippen LogP contribution is 2.56. The molecule has 0 aromatic carbocycles. The predicted octanol–water partition coefficient (Wildman–Crippen LogP) is 2.04. The van der Waals surface area contributed by atoms with Gasteiger partial charge in [0.15, 0.2) is 0 Å². The van der Waals surface area contributed by atoms with Crippen molar-refractivity contribution in [3.05, 3.63) is 18.5 Å². The average Bonchev–Trinajstić information content (AvgIpc) is 3.06. The minimum Gasteiger partial charge on any atom is -0.446 e. The van der Waals surface area contributed by atoms with E-state index in [0.717, 1.165) is 38.5 Å². The van der Waals surface area contributed by atoms with Crippen molar-refractivity contribution in [2.24, 2.45) is 17.8 Å². The van der Waals surface area contributed by atoms with Gasteiger partial charge in [0, 0.05) is 31.5 Å². The van der Waals surface area contributed by atoms with E-state index < -0.39 is 5.60 Å². The van der Waals surface area contributed by atoms with Crippen molar-refractivity contribution in [3.63, 3.8) is 0 Å². The number of carbonyl (C=O) groups excluding carboxylic acids is 1. The van der Waals surface area contributed by atoms with Gasteiger partial charge in [0.25, 0.3) is 0 Å². The van der Waals surface area contributed by atoms with Crippen molar-refractivity contribution in [2.45, 2.75) is 56.3 Å². The Kier molecular flexibility index (Phi) is 3.81. The molecule has 26 heavy (non-hydrogen) atoms. The fraction of sp³-hybridized carbons (Fsp3) is 0.737. The first-order valence-electron chi connectivity index (χ1n) is 9.79. The minimum atomic E-state index is -0.488. The van der Waals surface area contributed by atoms with Crippen LogP contribution >= 0.6 is 0 Å². The molecule has 1 aromatic heterocycles. The lowest BCUT2D eigenvalue weighted by Crippen LogP contribution is -2.58. The summed E-state index contributed by atoms with van der Waals surface area (Å²) in [5, 5.41) is 14.0. The molecule has 0 radical (unpaired) electrons. The summed E-state index contributed by atoms with van der Waals surface area (Å²) < 4.78 is 5.97. The zero-order valence-corrected chi connectivity index (χ0v) is 14.9. The van der Waals surface area contributed by atoms with Gasteiger partial charge in [0.05, 0.1) is 5.60 Å². The van der Waals surface area contributed by atoms with Crippen LogP contribution in [0.3, 0.4) is 0 Å². The number of amides is 1. The number of rotatable bonds is 3. The number of carbonyl (C=O) groups is 1. The van der Waals surface area contributed by atoms with Gasteiger partial charge in [-0.05, 0) is 62.3 Å². The molecule has 5 aliphatic rings. The van der Waals surface area contributed by atoms with Gasteiger partial charge in [-0.2, -0.15) is 0 Å². The number of anilines is 1. The number of aliphatic hydroxyl groups is 1. The third kappa shape index (κ3) is 2.92. The van der Waals surface area contributed by atoms with Crippen LogP contribution in [-0.4, -0.2) is 56.9 Å². The monoisotopic (exact) mass is 358 g/mol. The lowest BCUT2D eigenvalue weighted by Gasteiger charge is -2.57. The highest BCUT2D eigenvalue weighted by Gasteiger charge is 2.56. The van der Waals surface area contributed by atoms with Crippen LogP contribution in [0.5, 0.6) is 0 Å². The first-order chi connectivity index (χ1) is 12.6. The number of nitrogens with one attached hydrogen (secondary N) is 1. The van der Waals surface area contributed by atoms with E-state index >= 15 is 0 Å². The minimum absolute atomic E-state index is 0.0104. The Morgan fingerprint density at radius 3 is 2.65 bits per heavy atom. The maximum atomic E-state index is 12.7. The molecule has 1 amide bonds. The van der Waals surface area contributed by atoms with Gasteiger partial charge in [-0.3, -0.25) is 0 Å². The van der Waals surface area contributed by atoms with Gasteiger partial charge in [-0.25, -0.2) is 14.8 Å². The predicted molar refractivity (Wildman–Crippen MR) is 94.4 cm³/mol. The molecule has 5 fully saturated rings. The summed E-state index contributed by atoms with van der Waals surface area (Å²) in [4.78, 5) is 22.9. The lowest BCUT2D eigenvalue weighted by atomic mass is 9.53. The Labute approximate surface area is 153 Å². The second kappa shape index (κ2) is 6.08. The van der Waals surface area contributed by atoms with Crippen LogP contribution in [0.1, 0.15) is 38.5 Å². The van der Waals surface area contributed by atoms with Gasteiger partial charge in [-0.15, -0.1) is 0 Å². The van der Waals surface area contributed by atoms with Crippen LogP contribution < -0.4 is 5.32 Å². The molecule has 4 saturated carbocycles. The van der Waals surface area contributed by atoms with E-state index in [0.29, 0.717) is 36.8 Å². The summed E-state index contributed by atoms with van der Waals surface area (Å²) in [6.07, 6.45) is 8.82. The van der Waals surface area contributed by atoms with Gasteiger partial charge in [-0.1, -0.05) is 0 Å². The molecule has 1 aromatic rings. The van der Waals surface area contributed by atoms with Crippen LogP contribution in [0.2, 0.25) is 0 Å². The Bertz CT molecular complexity index is 669. The van der Waals surface area contributed by atoms with Gasteiger partial charge in [0.2, 0.25) is 5.95 Å². The number of hydrogen-bond acceptors (Lipinski definition) is 6. The molecule has 6 rings (SSSR count). The summed E-state index contributed by atoms with van der Waals surface area (Å²) >= 11 is 0. The normalized spacial score (nSPS) is 40.7. The first-order valence-corrected chi connectivity index (χ1v) is 9.79. The smallest absolute Gasteiger partial charge is 0.410 e. The maximum absolute atomic E-state index is 12.7. The van der Waals surface area contributed by atoms with Gasteiger partial charge < -0.3 is 20.1 Å². The quantitative estimate of drug-likeness (QED) is 0.860. The van der Waals surface area contributed by atoms with Crippen molar-refractivity contribution in [1.82, 2.24) is 14.9 Å². The maximum Gasteiger partial charge on any atom is 0.410 e. The van der Waals surface area contributed by atoms with Crippen LogP contribution in [-0.2, 0) is 4.74 Å². The molecule has 5 unspecified atom stereocenters. The SMILES string of the molecule is O=C(OC1C2CC3C[C@H]1CC(O)(C3)C2)N1CCC(Nc2ncccn2)C1. The van der Waals surface area contributed by atoms with Gasteiger partial charge in [0.1, 0.15) is 6.10 Å². The summed E-state index contributed by atoms with van der Waals surface area (Å²) in [6, 6.07) is 1.94. The Hall–Kier alpha value is -1.89. The highest BCUT2D eigenvalue weighted by atomic mass is 16.6. The van der Waals surface area contributed by atoms with Crippen molar-refractivity contribution in [2.75, 3.05) is 18.4 Å². The van der Waals surface area contributed by atoms with Crippen LogP contribution in [0.15, 0.2) is 18.5 Å². The third-order valence-corrected chi connectivity index (χ3v) is 6.74. The van der Waals surface area contributed by atoms with E-state index in [9.17, 15) is 9.90 Å². The molecule has 1 aliphatic heterocycles. The van der Waals surface area contributed by atoms with E-state index in [1.165, 1.54) is 0 Å². The van der Waals surface area contributed by atoms with E-state index in [-0.39, 0.29) is 18.2 Å². The molecule has 7 heteroatoms. The van der Waals surface area contributed by atoms with Crippen molar-refractivity contribution >= 4 is 12.0 Å². The van der Waals surface area contributed by atoms with Crippen LogP contribution in [0.4, 0.5) is 10.7 Å². The molecule has 1 saturated heterocycles. The molecule has 0 spiro atoms. The average molecular weight is 358 g/mol. The second-order valence-electron chi connectivity index (χ2n) is 8.69. The molecular weight excluding hydrogens is 332 g/mol. The van der Waals surface area contributed by atoms with E-state index in [1.807, 2.05) is 0 Å². The summed E-state index contributed by atoms with van der Waals surface area (Å²) in [6.45, 7) is 1.31.